The van der Waals surface area contributed by atoms with E-state index in [9.17, 15) is 32.3 Å². The second-order valence-electron chi connectivity index (χ2n) is 34.8. The van der Waals surface area contributed by atoms with Gasteiger partial charge in [-0.1, -0.05) is 129 Å². The molecular weight excluding hydrogens is 1840 g/mol. The highest BCUT2D eigenvalue weighted by Crippen LogP contribution is 2.43. The molecule has 34 heteroatoms. The average Bonchev–Trinajstić information content (AvgIpc) is 1.62. The van der Waals surface area contributed by atoms with Crippen molar-refractivity contribution in [2.75, 3.05) is 56.2 Å². The first-order chi connectivity index (χ1) is 70.5. The average molecular weight is 1950 g/mol. The Morgan fingerprint density at radius 1 is 0.386 bits per heavy atom. The maximum Gasteiger partial charge on any atom is 0.416 e. The Kier molecular flexibility index (Phi) is 30.8. The molecule has 14 heterocycles. The molecule has 0 spiro atoms. The molecule has 0 radical (unpaired) electrons. The van der Waals surface area contributed by atoms with Crippen LogP contribution in [0.3, 0.4) is 0 Å². The van der Waals surface area contributed by atoms with Crippen molar-refractivity contribution in [1.82, 2.24) is 87.0 Å². The van der Waals surface area contributed by atoms with Crippen LogP contribution in [-0.2, 0) is 51.8 Å². The highest BCUT2D eigenvalue weighted by atomic mass is 19.4. The Morgan fingerprint density at radius 3 is 1.01 bits per heavy atom. The largest absolute Gasteiger partial charge is 0.497 e. The molecule has 0 unspecified atom stereocenters. The molecule has 4 amide bonds. The quantitative estimate of drug-likeness (QED) is 0.0485. The van der Waals surface area contributed by atoms with E-state index in [2.05, 4.69) is 77.3 Å². The Balaban J connectivity index is 0.000000132. The number of imidazole rings is 4. The van der Waals surface area contributed by atoms with Gasteiger partial charge in [0.15, 0.2) is 0 Å². The van der Waals surface area contributed by atoms with E-state index in [1.807, 2.05) is 206 Å². The summed E-state index contributed by atoms with van der Waals surface area (Å²) >= 11 is 0. The molecular formula is C111H105F3N22O9. The number of anilines is 4. The molecule has 4 saturated heterocycles. The number of rotatable bonds is 21. The number of amides is 4. The summed E-state index contributed by atoms with van der Waals surface area (Å²) in [5.74, 6) is 29.0. The first kappa shape index (κ1) is 98.8. The summed E-state index contributed by atoms with van der Waals surface area (Å²) in [7, 11) is 1.64. The predicted molar refractivity (Wildman–Crippen MR) is 544 cm³/mol. The molecule has 734 valence electrons. The minimum absolute atomic E-state index is 0.0606. The van der Waals surface area contributed by atoms with Crippen LogP contribution in [-0.4, -0.2) is 144 Å². The van der Waals surface area contributed by atoms with Gasteiger partial charge >= 0.3 is 6.18 Å². The van der Waals surface area contributed by atoms with Crippen molar-refractivity contribution in [3.8, 4) is 121 Å². The third-order valence-corrected chi connectivity index (χ3v) is 25.0. The molecule has 20 rings (SSSR count). The number of alkyl halides is 3. The molecule has 10 aromatic heterocycles. The number of pyridine rings is 2. The van der Waals surface area contributed by atoms with E-state index < -0.39 is 11.7 Å². The van der Waals surface area contributed by atoms with Crippen molar-refractivity contribution in [1.29, 1.82) is 0 Å². The Bertz CT molecular complexity index is 7630. The Labute approximate surface area is 835 Å². The van der Waals surface area contributed by atoms with Crippen molar-refractivity contribution in [2.24, 2.45) is 5.92 Å². The lowest BCUT2D eigenvalue weighted by atomic mass is 10.1. The van der Waals surface area contributed by atoms with Gasteiger partial charge in [0.05, 0.1) is 36.8 Å². The van der Waals surface area contributed by atoms with Crippen LogP contribution in [0.2, 0.25) is 0 Å². The van der Waals surface area contributed by atoms with Crippen LogP contribution in [0.1, 0.15) is 168 Å². The van der Waals surface area contributed by atoms with Crippen molar-refractivity contribution in [3.63, 3.8) is 0 Å². The zero-order valence-electron chi connectivity index (χ0n) is 80.7. The number of nitrogens with two attached hydrogens (primary N) is 4. The zero-order valence-corrected chi connectivity index (χ0v) is 80.7. The van der Waals surface area contributed by atoms with E-state index in [0.29, 0.717) is 121 Å². The monoisotopic (exact) mass is 1950 g/mol. The standard InChI is InChI=1S/C29H29N5O2.C28H27N5O2.C27H23F3N6O2.C27H26N6O3/c1-20(2)10-15-25(35)33-17-6-9-24(33)29-32-26(27-28(30)31-16-18-34(27)29)22-11-13-23(14-12-22)36-19-21-7-4-3-5-8-21;1-2-3-11-24(34)32-17-7-10-23(32)28-31-25(26-27(29)30-16-18-33(26)28)21-12-14-22(15-13-21)35-19-20-8-5-4-6-9-20;1-2-4-22(37)35-13-3-5-20(35)26-34-23(24-25(31)32-12-14-36(24)26)18-8-11-21(33-15-18)38-16-17-6-9-19(10-7-17)27(28,29)30;1-3-5-23(34)32-14-4-6-21(32)27-31-24(25-26(28)29-13-15-33(25)27)19-9-12-22(30-16-19)36-17-18-7-10-20(35-2)11-8-18/h3-5,7-8,11-14,16,18,20,24H,6,9,17,19H2,1-2H3,(H2,30,31);4-6,8-9,12-16,18,23H,2,7,10,17,19H2,1H3,(H2,29,30);6-12,14-15,20H,3,5,13,16H2,1H3,(H2,31,32);7-13,15-16,21H,4,6,14,17H2,1-2H3,(H2,28,29)/t24-;23-;20-;21-/m0000/s1. The van der Waals surface area contributed by atoms with Crippen LogP contribution in [0.15, 0.2) is 244 Å². The summed E-state index contributed by atoms with van der Waals surface area (Å²) in [5.41, 5.74) is 36.9. The van der Waals surface area contributed by atoms with Gasteiger partial charge in [0.1, 0.15) is 135 Å². The number of aromatic nitrogens is 14. The second kappa shape index (κ2) is 45.2. The van der Waals surface area contributed by atoms with Gasteiger partial charge in [0.2, 0.25) is 11.8 Å². The summed E-state index contributed by atoms with van der Waals surface area (Å²) in [4.78, 5) is 104. The van der Waals surface area contributed by atoms with E-state index in [0.717, 1.165) is 154 Å². The summed E-state index contributed by atoms with van der Waals surface area (Å²) < 4.78 is 74.5. The highest BCUT2D eigenvalue weighted by Gasteiger charge is 2.39. The number of benzene rings is 6. The Morgan fingerprint density at radius 2 is 0.697 bits per heavy atom. The first-order valence-electron chi connectivity index (χ1n) is 47.6. The van der Waals surface area contributed by atoms with Crippen LogP contribution in [0, 0.1) is 53.3 Å². The molecule has 4 aliphatic rings. The number of halogens is 3. The van der Waals surface area contributed by atoms with Crippen molar-refractivity contribution >= 4 is 69.0 Å². The number of methoxy groups -OCH3 is 1. The molecule has 8 N–H and O–H groups in total. The van der Waals surface area contributed by atoms with Crippen LogP contribution in [0.4, 0.5) is 36.4 Å². The van der Waals surface area contributed by atoms with E-state index in [4.69, 9.17) is 66.6 Å². The topological polar surface area (TPSA) is 378 Å². The number of nitrogen functional groups attached to an aromatic ring is 4. The summed E-state index contributed by atoms with van der Waals surface area (Å²) in [6.07, 6.45) is 20.1. The van der Waals surface area contributed by atoms with Gasteiger partial charge in [0.25, 0.3) is 23.6 Å². The summed E-state index contributed by atoms with van der Waals surface area (Å²) in [6, 6.07) is 54.5. The molecule has 31 nitrogen and oxygen atoms in total. The highest BCUT2D eigenvalue weighted by molar-refractivity contribution is 5.97. The number of hydrogen-bond acceptors (Lipinski definition) is 23. The summed E-state index contributed by atoms with van der Waals surface area (Å²) in [6.45, 7) is 13.2. The molecule has 0 saturated carbocycles. The van der Waals surface area contributed by atoms with Gasteiger partial charge in [-0.15, -0.1) is 0 Å². The van der Waals surface area contributed by atoms with Gasteiger partial charge in [-0.2, -0.15) is 13.2 Å². The van der Waals surface area contributed by atoms with Crippen LogP contribution in [0.5, 0.6) is 29.0 Å². The molecule has 4 atom stereocenters. The Hall–Kier alpha value is -17.8. The van der Waals surface area contributed by atoms with Crippen molar-refractivity contribution in [2.45, 2.75) is 149 Å². The summed E-state index contributed by atoms with van der Waals surface area (Å²) in [5, 5.41) is 0. The van der Waals surface area contributed by atoms with Crippen LogP contribution < -0.4 is 46.6 Å². The van der Waals surface area contributed by atoms with Gasteiger partial charge in [-0.3, -0.25) is 36.8 Å². The maximum absolute atomic E-state index is 12.9. The fourth-order valence-corrected chi connectivity index (χ4v) is 18.0. The first-order valence-corrected chi connectivity index (χ1v) is 47.6. The number of ether oxygens (including phenoxy) is 5. The number of fused-ring (bicyclic) bond motifs is 4. The predicted octanol–water partition coefficient (Wildman–Crippen LogP) is 17.8. The lowest BCUT2D eigenvalue weighted by Crippen LogP contribution is -2.30. The third-order valence-electron chi connectivity index (χ3n) is 25.0. The van der Waals surface area contributed by atoms with E-state index >= 15 is 0 Å². The number of hydrogen-bond donors (Lipinski definition) is 4. The number of carbonyl (C=O) groups is 4. The second-order valence-corrected chi connectivity index (χ2v) is 34.8. The number of likely N-dealkylation sites (tertiary alicyclic amines) is 4. The zero-order chi connectivity index (χ0) is 101. The maximum atomic E-state index is 12.9. The lowest BCUT2D eigenvalue weighted by molar-refractivity contribution is -0.137. The fourth-order valence-electron chi connectivity index (χ4n) is 18.0. The molecule has 4 aliphatic heterocycles. The molecule has 16 aromatic rings. The third kappa shape index (κ3) is 22.6. The molecule has 6 aromatic carbocycles. The van der Waals surface area contributed by atoms with Gasteiger partial charge in [0, 0.05) is 135 Å². The van der Waals surface area contributed by atoms with Gasteiger partial charge < -0.3 is 66.2 Å². The van der Waals surface area contributed by atoms with E-state index in [1.54, 1.807) is 92.3 Å². The van der Waals surface area contributed by atoms with Gasteiger partial charge in [-0.25, -0.2) is 49.8 Å². The van der Waals surface area contributed by atoms with Crippen LogP contribution >= 0.6 is 0 Å². The molecule has 0 aliphatic carbocycles. The van der Waals surface area contributed by atoms with Crippen LogP contribution in [0.25, 0.3) is 67.1 Å². The number of nitrogens with zero attached hydrogens (tertiary/aromatic N) is 18. The van der Waals surface area contributed by atoms with Crippen molar-refractivity contribution < 1.29 is 56.0 Å². The van der Waals surface area contributed by atoms with Crippen molar-refractivity contribution in [3.05, 3.63) is 295 Å². The lowest BCUT2D eigenvalue weighted by Gasteiger charge is -2.21. The normalized spacial score (nSPS) is 15.2. The molecule has 0 bridgehead atoms. The minimum atomic E-state index is -4.39. The molecule has 4 fully saturated rings. The smallest absolute Gasteiger partial charge is 0.416 e. The molecule has 145 heavy (non-hydrogen) atoms. The van der Waals surface area contributed by atoms with E-state index in [1.165, 1.54) is 12.1 Å². The number of carbonyl (C=O) groups excluding carboxylic acids is 4. The van der Waals surface area contributed by atoms with Gasteiger partial charge in [-0.05, 0) is 196 Å². The van der Waals surface area contributed by atoms with E-state index in [-0.39, 0.29) is 66.1 Å². The minimum Gasteiger partial charge on any atom is -0.497 e. The SMILES string of the molecule is CC#CC(=O)N1CCC[C@H]1c1nc(-c2ccc(OCc3ccc(C(F)(F)F)cc3)nc2)c2c(N)nccn12.CC#CC(=O)N1CCC[C@H]1c1nc(-c2ccc(OCc3ccc(OC)cc3)nc2)c2c(N)nccn12.CC(C)C#CC(=O)N1CCC[C@H]1c1nc(-c2ccc(OCc3ccccc3)cc2)c2c(N)nccn12.CCC#CC(=O)N1CCC[C@H]1c1nc(-c2ccc(OCc3ccccc3)cc2)c2c(N)nccn12. The fraction of sp³-hybridized carbons (Fsp3) is 0.261.